The predicted molar refractivity (Wildman–Crippen MR) is 102 cm³/mol. The van der Waals surface area contributed by atoms with Crippen LogP contribution in [-0.2, 0) is 4.74 Å². The Hall–Kier alpha value is -3.79. The Balaban J connectivity index is 1.55. The highest BCUT2D eigenvalue weighted by Crippen LogP contribution is 2.35. The molecule has 2 saturated heterocycles. The van der Waals surface area contributed by atoms with Crippen LogP contribution < -0.4 is 15.0 Å². The number of ether oxygens (including phenoxy) is 2. The highest BCUT2D eigenvalue weighted by Gasteiger charge is 2.42. The highest BCUT2D eigenvalue weighted by atomic mass is 16.6. The van der Waals surface area contributed by atoms with E-state index in [2.05, 4.69) is 21.3 Å². The SMILES string of the molecule is N#Cc1cc2ccnc(N3CC4NC(=O)OC4C3)c2cc1Oc1ccccc1. The molecule has 3 heterocycles. The number of hydrogen-bond donors (Lipinski definition) is 1. The van der Waals surface area contributed by atoms with E-state index in [1.807, 2.05) is 48.5 Å². The Labute approximate surface area is 161 Å². The van der Waals surface area contributed by atoms with Gasteiger partial charge in [-0.05, 0) is 35.7 Å². The fourth-order valence-electron chi connectivity index (χ4n) is 3.75. The van der Waals surface area contributed by atoms with Crippen molar-refractivity contribution >= 4 is 22.7 Å². The van der Waals surface area contributed by atoms with Crippen LogP contribution in [-0.4, -0.2) is 36.3 Å². The van der Waals surface area contributed by atoms with E-state index in [0.717, 1.165) is 16.6 Å². The minimum absolute atomic E-state index is 0.0389. The molecule has 1 N–H and O–H groups in total. The first-order valence-electron chi connectivity index (χ1n) is 8.99. The van der Waals surface area contributed by atoms with Gasteiger partial charge in [0, 0.05) is 18.1 Å². The normalized spacial score (nSPS) is 20.4. The monoisotopic (exact) mass is 372 g/mol. The number of amides is 1. The first-order chi connectivity index (χ1) is 13.7. The number of nitrogens with zero attached hydrogens (tertiary/aromatic N) is 3. The standard InChI is InChI=1S/C21H16N4O3/c22-10-14-8-13-6-7-23-20(25-11-17-19(12-25)28-21(26)24-17)16(13)9-18(14)27-15-4-2-1-3-5-15/h1-9,17,19H,11-12H2,(H,24,26). The lowest BCUT2D eigenvalue weighted by Gasteiger charge is -2.20. The van der Waals surface area contributed by atoms with Gasteiger partial charge in [-0.2, -0.15) is 5.26 Å². The molecule has 7 nitrogen and oxygen atoms in total. The Kier molecular flexibility index (Phi) is 3.76. The van der Waals surface area contributed by atoms with Crippen LogP contribution in [0.15, 0.2) is 54.7 Å². The van der Waals surface area contributed by atoms with E-state index in [1.165, 1.54) is 0 Å². The molecule has 0 bridgehead atoms. The Morgan fingerprint density at radius 1 is 1.21 bits per heavy atom. The summed E-state index contributed by atoms with van der Waals surface area (Å²) in [6.45, 7) is 1.20. The number of para-hydroxylation sites is 1. The van der Waals surface area contributed by atoms with Gasteiger partial charge in [-0.1, -0.05) is 18.2 Å². The maximum Gasteiger partial charge on any atom is 0.407 e. The average molecular weight is 372 g/mol. The molecule has 2 atom stereocenters. The van der Waals surface area contributed by atoms with Crippen LogP contribution in [0.5, 0.6) is 11.5 Å². The number of carbonyl (C=O) groups excluding carboxylic acids is 1. The number of carbonyl (C=O) groups is 1. The largest absolute Gasteiger partial charge is 0.456 e. The molecule has 0 saturated carbocycles. The molecule has 2 aromatic carbocycles. The highest BCUT2D eigenvalue weighted by molar-refractivity contribution is 5.94. The van der Waals surface area contributed by atoms with Crippen LogP contribution in [0.25, 0.3) is 10.8 Å². The molecule has 0 spiro atoms. The van der Waals surface area contributed by atoms with Crippen LogP contribution in [0.4, 0.5) is 10.6 Å². The quantitative estimate of drug-likeness (QED) is 0.760. The zero-order chi connectivity index (χ0) is 19.1. The number of nitrogens with one attached hydrogen (secondary N) is 1. The van der Waals surface area contributed by atoms with E-state index in [4.69, 9.17) is 9.47 Å². The lowest BCUT2D eigenvalue weighted by atomic mass is 10.1. The van der Waals surface area contributed by atoms with Gasteiger partial charge in [-0.3, -0.25) is 0 Å². The van der Waals surface area contributed by atoms with Crippen LogP contribution in [0.2, 0.25) is 0 Å². The molecule has 3 aromatic rings. The lowest BCUT2D eigenvalue weighted by Crippen LogP contribution is -2.32. The van der Waals surface area contributed by atoms with E-state index in [9.17, 15) is 10.1 Å². The summed E-state index contributed by atoms with van der Waals surface area (Å²) in [5, 5.41) is 14.2. The summed E-state index contributed by atoms with van der Waals surface area (Å²) in [7, 11) is 0. The molecule has 2 fully saturated rings. The molecule has 2 aliphatic rings. The summed E-state index contributed by atoms with van der Waals surface area (Å²) in [6.07, 6.45) is 1.19. The number of rotatable bonds is 3. The van der Waals surface area contributed by atoms with Gasteiger partial charge in [0.1, 0.15) is 29.5 Å². The summed E-state index contributed by atoms with van der Waals surface area (Å²) in [5.74, 6) is 1.93. The van der Waals surface area contributed by atoms with Crippen LogP contribution in [0.3, 0.4) is 0 Å². The first kappa shape index (κ1) is 16.4. The third-order valence-corrected chi connectivity index (χ3v) is 5.06. The molecule has 1 aromatic heterocycles. The third-order valence-electron chi connectivity index (χ3n) is 5.06. The average Bonchev–Trinajstić information content (AvgIpc) is 3.25. The van der Waals surface area contributed by atoms with Crippen LogP contribution in [0, 0.1) is 11.3 Å². The summed E-state index contributed by atoms with van der Waals surface area (Å²) in [4.78, 5) is 18.0. The van der Waals surface area contributed by atoms with Crippen molar-refractivity contribution in [1.82, 2.24) is 10.3 Å². The number of nitriles is 1. The molecule has 0 aliphatic carbocycles. The smallest absolute Gasteiger partial charge is 0.407 e. The number of aromatic nitrogens is 1. The lowest BCUT2D eigenvalue weighted by molar-refractivity contribution is 0.144. The van der Waals surface area contributed by atoms with Gasteiger partial charge >= 0.3 is 6.09 Å². The van der Waals surface area contributed by atoms with Crippen LogP contribution >= 0.6 is 0 Å². The predicted octanol–water partition coefficient (Wildman–Crippen LogP) is 3.20. The molecular weight excluding hydrogens is 356 g/mol. The van der Waals surface area contributed by atoms with Gasteiger partial charge in [0.2, 0.25) is 0 Å². The second kappa shape index (κ2) is 6.43. The molecule has 0 radical (unpaired) electrons. The summed E-state index contributed by atoms with van der Waals surface area (Å²) >= 11 is 0. The van der Waals surface area contributed by atoms with Gasteiger partial charge in [0.05, 0.1) is 18.2 Å². The fraction of sp³-hybridized carbons (Fsp3) is 0.190. The van der Waals surface area contributed by atoms with Crippen molar-refractivity contribution in [3.63, 3.8) is 0 Å². The van der Waals surface area contributed by atoms with E-state index >= 15 is 0 Å². The maximum atomic E-state index is 11.4. The number of pyridine rings is 1. The molecule has 7 heteroatoms. The van der Waals surface area contributed by atoms with Gasteiger partial charge < -0.3 is 19.7 Å². The fourth-order valence-corrected chi connectivity index (χ4v) is 3.75. The number of benzene rings is 2. The van der Waals surface area contributed by atoms with Crippen molar-refractivity contribution in [2.45, 2.75) is 12.1 Å². The van der Waals surface area contributed by atoms with E-state index in [0.29, 0.717) is 30.2 Å². The molecule has 1 amide bonds. The zero-order valence-corrected chi connectivity index (χ0v) is 14.8. The summed E-state index contributed by atoms with van der Waals surface area (Å²) in [6, 6.07) is 17.1. The molecule has 2 aliphatic heterocycles. The zero-order valence-electron chi connectivity index (χ0n) is 14.8. The number of fused-ring (bicyclic) bond motifs is 2. The second-order valence-corrected chi connectivity index (χ2v) is 6.83. The summed E-state index contributed by atoms with van der Waals surface area (Å²) in [5.41, 5.74) is 0.461. The van der Waals surface area contributed by atoms with Crippen molar-refractivity contribution in [3.05, 3.63) is 60.3 Å². The van der Waals surface area contributed by atoms with Gasteiger partial charge in [-0.15, -0.1) is 0 Å². The number of hydrogen-bond acceptors (Lipinski definition) is 6. The topological polar surface area (TPSA) is 87.5 Å². The Morgan fingerprint density at radius 3 is 2.86 bits per heavy atom. The van der Waals surface area contributed by atoms with Gasteiger partial charge in [0.15, 0.2) is 0 Å². The van der Waals surface area contributed by atoms with Crippen molar-refractivity contribution in [2.24, 2.45) is 0 Å². The molecule has 2 unspecified atom stereocenters. The Bertz CT molecular complexity index is 1090. The second-order valence-electron chi connectivity index (χ2n) is 6.83. The van der Waals surface area contributed by atoms with Crippen molar-refractivity contribution in [1.29, 1.82) is 5.26 Å². The maximum absolute atomic E-state index is 11.4. The van der Waals surface area contributed by atoms with E-state index in [-0.39, 0.29) is 18.2 Å². The number of anilines is 1. The van der Waals surface area contributed by atoms with E-state index in [1.54, 1.807) is 6.20 Å². The third kappa shape index (κ3) is 2.76. The van der Waals surface area contributed by atoms with Gasteiger partial charge in [0.25, 0.3) is 0 Å². The first-order valence-corrected chi connectivity index (χ1v) is 8.99. The molecule has 138 valence electrons. The van der Waals surface area contributed by atoms with E-state index < -0.39 is 0 Å². The number of alkyl carbamates (subject to hydrolysis) is 1. The van der Waals surface area contributed by atoms with Crippen molar-refractivity contribution in [3.8, 4) is 17.6 Å². The minimum Gasteiger partial charge on any atom is -0.456 e. The van der Waals surface area contributed by atoms with Crippen molar-refractivity contribution < 1.29 is 14.3 Å². The van der Waals surface area contributed by atoms with Gasteiger partial charge in [-0.25, -0.2) is 9.78 Å². The Morgan fingerprint density at radius 2 is 2.07 bits per heavy atom. The molecular formula is C21H16N4O3. The molecule has 5 rings (SSSR count). The minimum atomic E-state index is -0.363. The summed E-state index contributed by atoms with van der Waals surface area (Å²) < 4.78 is 11.3. The van der Waals surface area contributed by atoms with Crippen LogP contribution in [0.1, 0.15) is 5.56 Å². The van der Waals surface area contributed by atoms with Crippen molar-refractivity contribution in [2.75, 3.05) is 18.0 Å². The molecule has 28 heavy (non-hydrogen) atoms.